The molecule has 1 fully saturated rings. The molecule has 168 valence electrons. The number of terminal acetylenes is 1. The van der Waals surface area contributed by atoms with Crippen LogP contribution in [0.2, 0.25) is 0 Å². The fourth-order valence-electron chi connectivity index (χ4n) is 2.89. The molecule has 1 aromatic carbocycles. The van der Waals surface area contributed by atoms with Crippen LogP contribution in [0.4, 0.5) is 0 Å². The summed E-state index contributed by atoms with van der Waals surface area (Å²) in [5.74, 6) is 1.58. The van der Waals surface area contributed by atoms with Crippen molar-refractivity contribution in [3.63, 3.8) is 0 Å². The van der Waals surface area contributed by atoms with E-state index in [0.717, 1.165) is 12.8 Å². The smallest absolute Gasteiger partial charge is 0.338 e. The van der Waals surface area contributed by atoms with Crippen molar-refractivity contribution < 1.29 is 28.9 Å². The highest BCUT2D eigenvalue weighted by Gasteiger charge is 2.46. The van der Waals surface area contributed by atoms with Gasteiger partial charge in [-0.1, -0.05) is 24.8 Å². The van der Waals surface area contributed by atoms with Crippen LogP contribution in [0.1, 0.15) is 50.4 Å². The van der Waals surface area contributed by atoms with E-state index in [1.165, 1.54) is 6.08 Å². The van der Waals surface area contributed by atoms with Gasteiger partial charge in [0, 0.05) is 11.8 Å². The monoisotopic (exact) mass is 428 g/mol. The molecule has 0 spiro atoms. The number of ether oxygens (including phenoxy) is 3. The number of hydrogen-bond donors (Lipinski definition) is 1. The first-order chi connectivity index (χ1) is 14.6. The van der Waals surface area contributed by atoms with Gasteiger partial charge in [-0.25, -0.2) is 4.79 Å². The molecule has 0 heterocycles. The summed E-state index contributed by atoms with van der Waals surface area (Å²) in [5.41, 5.74) is -0.501. The highest BCUT2D eigenvalue weighted by molar-refractivity contribution is 5.89. The number of benzene rings is 1. The van der Waals surface area contributed by atoms with E-state index in [9.17, 15) is 14.7 Å². The molecule has 1 aromatic rings. The Labute approximate surface area is 184 Å². The first-order valence-corrected chi connectivity index (χ1v) is 10.4. The Morgan fingerprint density at radius 2 is 1.90 bits per heavy atom. The van der Waals surface area contributed by atoms with Crippen LogP contribution in [-0.4, -0.2) is 48.6 Å². The molecule has 6 heteroatoms. The Morgan fingerprint density at radius 3 is 2.42 bits per heavy atom. The molecular weight excluding hydrogens is 396 g/mol. The van der Waals surface area contributed by atoms with Gasteiger partial charge in [0.05, 0.1) is 30.3 Å². The Bertz CT molecular complexity index is 798. The first-order valence-electron chi connectivity index (χ1n) is 10.4. The predicted octanol–water partition coefficient (Wildman–Crippen LogP) is 3.54. The van der Waals surface area contributed by atoms with Crippen LogP contribution in [0.15, 0.2) is 43.0 Å². The lowest BCUT2D eigenvalue weighted by Gasteiger charge is -2.30. The molecule has 31 heavy (non-hydrogen) atoms. The number of hydrogen-bond acceptors (Lipinski definition) is 6. The van der Waals surface area contributed by atoms with Crippen LogP contribution in [0.5, 0.6) is 0 Å². The van der Waals surface area contributed by atoms with E-state index in [0.29, 0.717) is 5.56 Å². The summed E-state index contributed by atoms with van der Waals surface area (Å²) in [6.07, 6.45) is 5.65. The lowest BCUT2D eigenvalue weighted by Crippen LogP contribution is -2.42. The SMILES string of the molecule is C#CC[C@@H](O)[C@H](OCC1(COC(=O)C(C)(C)C)CC1)[C@@H](C=C)OC(=O)c1ccccc1. The Kier molecular flexibility index (Phi) is 8.43. The highest BCUT2D eigenvalue weighted by atomic mass is 16.6. The lowest BCUT2D eigenvalue weighted by molar-refractivity contribution is -0.157. The van der Waals surface area contributed by atoms with Crippen molar-refractivity contribution in [1.82, 2.24) is 0 Å². The van der Waals surface area contributed by atoms with Crippen molar-refractivity contribution >= 4 is 11.9 Å². The zero-order valence-corrected chi connectivity index (χ0v) is 18.5. The molecule has 0 aromatic heterocycles. The van der Waals surface area contributed by atoms with Gasteiger partial charge in [0.2, 0.25) is 0 Å². The summed E-state index contributed by atoms with van der Waals surface area (Å²) >= 11 is 0. The summed E-state index contributed by atoms with van der Waals surface area (Å²) in [5, 5.41) is 10.5. The third-order valence-electron chi connectivity index (χ3n) is 5.18. The van der Waals surface area contributed by atoms with Crippen LogP contribution in [-0.2, 0) is 19.0 Å². The van der Waals surface area contributed by atoms with E-state index in [4.69, 9.17) is 20.6 Å². The Morgan fingerprint density at radius 1 is 1.26 bits per heavy atom. The number of esters is 2. The van der Waals surface area contributed by atoms with Crippen LogP contribution < -0.4 is 0 Å². The van der Waals surface area contributed by atoms with Crippen LogP contribution in [0.25, 0.3) is 0 Å². The van der Waals surface area contributed by atoms with Crippen molar-refractivity contribution in [2.24, 2.45) is 10.8 Å². The van der Waals surface area contributed by atoms with Crippen molar-refractivity contribution in [3.05, 3.63) is 48.6 Å². The molecule has 0 unspecified atom stereocenters. The fraction of sp³-hybridized carbons (Fsp3) is 0.520. The normalized spacial score (nSPS) is 17.5. The van der Waals surface area contributed by atoms with E-state index in [1.807, 2.05) is 0 Å². The van der Waals surface area contributed by atoms with Gasteiger partial charge in [-0.05, 0) is 51.8 Å². The predicted molar refractivity (Wildman–Crippen MR) is 117 cm³/mol. The summed E-state index contributed by atoms with van der Waals surface area (Å²) < 4.78 is 17.0. The summed E-state index contributed by atoms with van der Waals surface area (Å²) in [6.45, 7) is 9.61. The molecule has 1 saturated carbocycles. The molecule has 0 saturated heterocycles. The molecule has 0 aliphatic heterocycles. The van der Waals surface area contributed by atoms with Gasteiger partial charge >= 0.3 is 11.9 Å². The van der Waals surface area contributed by atoms with Gasteiger partial charge in [0.1, 0.15) is 12.2 Å². The van der Waals surface area contributed by atoms with Crippen LogP contribution in [0.3, 0.4) is 0 Å². The van der Waals surface area contributed by atoms with E-state index < -0.39 is 29.7 Å². The number of aliphatic hydroxyl groups excluding tert-OH is 1. The zero-order valence-electron chi connectivity index (χ0n) is 18.5. The topological polar surface area (TPSA) is 82.1 Å². The summed E-state index contributed by atoms with van der Waals surface area (Å²) in [4.78, 5) is 24.6. The average Bonchev–Trinajstić information content (AvgIpc) is 3.51. The number of rotatable bonds is 11. The van der Waals surface area contributed by atoms with E-state index in [2.05, 4.69) is 12.5 Å². The van der Waals surface area contributed by atoms with Gasteiger partial charge in [-0.15, -0.1) is 12.3 Å². The zero-order chi connectivity index (χ0) is 23.1. The third-order valence-corrected chi connectivity index (χ3v) is 5.18. The first kappa shape index (κ1) is 24.6. The van der Waals surface area contributed by atoms with E-state index >= 15 is 0 Å². The molecule has 1 aliphatic carbocycles. The number of carbonyl (C=O) groups is 2. The third kappa shape index (κ3) is 7.23. The molecule has 2 rings (SSSR count). The van der Waals surface area contributed by atoms with Crippen molar-refractivity contribution in [2.75, 3.05) is 13.2 Å². The minimum atomic E-state index is -1.05. The summed E-state index contributed by atoms with van der Waals surface area (Å²) in [6, 6.07) is 8.54. The minimum Gasteiger partial charge on any atom is -0.465 e. The fourth-order valence-corrected chi connectivity index (χ4v) is 2.89. The van der Waals surface area contributed by atoms with Crippen molar-refractivity contribution in [2.45, 2.75) is 58.3 Å². The molecule has 0 amide bonds. The average molecular weight is 429 g/mol. The van der Waals surface area contributed by atoms with Gasteiger partial charge in [-0.2, -0.15) is 0 Å². The maximum absolute atomic E-state index is 12.5. The quantitative estimate of drug-likeness (QED) is 0.330. The summed E-state index contributed by atoms with van der Waals surface area (Å²) in [7, 11) is 0. The highest BCUT2D eigenvalue weighted by Crippen LogP contribution is 2.46. The van der Waals surface area contributed by atoms with Crippen molar-refractivity contribution in [3.8, 4) is 12.3 Å². The van der Waals surface area contributed by atoms with Gasteiger partial charge in [0.25, 0.3) is 0 Å². The molecule has 0 radical (unpaired) electrons. The van der Waals surface area contributed by atoms with Crippen molar-refractivity contribution in [1.29, 1.82) is 0 Å². The van der Waals surface area contributed by atoms with E-state index in [1.54, 1.807) is 51.1 Å². The number of aliphatic hydroxyl groups is 1. The minimum absolute atomic E-state index is 0.0317. The van der Waals surface area contributed by atoms with Gasteiger partial charge < -0.3 is 19.3 Å². The maximum atomic E-state index is 12.5. The molecule has 1 aliphatic rings. The van der Waals surface area contributed by atoms with Gasteiger partial charge in [0.15, 0.2) is 0 Å². The van der Waals surface area contributed by atoms with Gasteiger partial charge in [-0.3, -0.25) is 4.79 Å². The maximum Gasteiger partial charge on any atom is 0.338 e. The molecule has 6 nitrogen and oxygen atoms in total. The second kappa shape index (κ2) is 10.6. The standard InChI is InChI=1S/C25H32O6/c1-6-11-19(26)21(20(7-2)31-22(27)18-12-9-8-10-13-18)29-16-25(14-15-25)17-30-23(28)24(3,4)5/h1,7-10,12-13,19-21,26H,2,11,14-17H2,3-5H3/t19-,20-,21+/m1/s1. The number of carbonyl (C=O) groups excluding carboxylic acids is 2. The van der Waals surface area contributed by atoms with E-state index in [-0.39, 0.29) is 31.0 Å². The molecular formula is C25H32O6. The lowest BCUT2D eigenvalue weighted by atomic mass is 9.97. The second-order valence-corrected chi connectivity index (χ2v) is 9.05. The Hall–Kier alpha value is -2.62. The van der Waals surface area contributed by atoms with Crippen LogP contribution in [0, 0.1) is 23.2 Å². The Balaban J connectivity index is 2.04. The molecule has 1 N–H and O–H groups in total. The van der Waals surface area contributed by atoms with Crippen LogP contribution >= 0.6 is 0 Å². The molecule has 3 atom stereocenters. The largest absolute Gasteiger partial charge is 0.465 e. The second-order valence-electron chi connectivity index (χ2n) is 9.05. The molecule has 0 bridgehead atoms.